The van der Waals surface area contributed by atoms with Crippen molar-refractivity contribution in [3.8, 4) is 0 Å². The second-order valence-electron chi connectivity index (χ2n) is 3.29. The molecule has 84 valence electrons. The Morgan fingerprint density at radius 1 is 1.53 bits per heavy atom. The average molecular weight is 209 g/mol. The van der Waals surface area contributed by atoms with E-state index in [-0.39, 0.29) is 0 Å². The minimum absolute atomic E-state index is 0.467. The highest BCUT2D eigenvalue weighted by Gasteiger charge is 2.05. The van der Waals surface area contributed by atoms with Gasteiger partial charge in [0.25, 0.3) is 0 Å². The number of anilines is 1. The van der Waals surface area contributed by atoms with Gasteiger partial charge in [0.05, 0.1) is 18.0 Å². The van der Waals surface area contributed by atoms with Gasteiger partial charge in [-0.2, -0.15) is 0 Å². The fourth-order valence-corrected chi connectivity index (χ4v) is 1.40. The zero-order chi connectivity index (χ0) is 11.1. The van der Waals surface area contributed by atoms with Gasteiger partial charge in [-0.1, -0.05) is 0 Å². The van der Waals surface area contributed by atoms with Crippen LogP contribution in [0, 0.1) is 0 Å². The normalized spacial score (nSPS) is 10.3. The highest BCUT2D eigenvalue weighted by atomic mass is 16.5. The third kappa shape index (κ3) is 3.49. The lowest BCUT2D eigenvalue weighted by Gasteiger charge is -2.21. The Morgan fingerprint density at radius 2 is 2.33 bits per heavy atom. The van der Waals surface area contributed by atoms with Crippen LogP contribution in [-0.4, -0.2) is 31.8 Å². The average Bonchev–Trinajstić information content (AvgIpc) is 2.29. The van der Waals surface area contributed by atoms with Crippen molar-refractivity contribution in [3.05, 3.63) is 24.0 Å². The summed E-state index contributed by atoms with van der Waals surface area (Å²) in [5, 5.41) is 0. The van der Waals surface area contributed by atoms with Crippen LogP contribution in [0.4, 0.5) is 5.69 Å². The zero-order valence-electron chi connectivity index (χ0n) is 9.44. The van der Waals surface area contributed by atoms with Crippen molar-refractivity contribution in [2.24, 2.45) is 5.73 Å². The molecule has 0 atom stereocenters. The van der Waals surface area contributed by atoms with Crippen LogP contribution in [0.1, 0.15) is 12.6 Å². The molecule has 0 aliphatic carbocycles. The van der Waals surface area contributed by atoms with E-state index in [0.29, 0.717) is 6.54 Å². The summed E-state index contributed by atoms with van der Waals surface area (Å²) < 4.78 is 5.31. The molecule has 0 aromatic carbocycles. The first kappa shape index (κ1) is 11.9. The molecule has 15 heavy (non-hydrogen) atoms. The number of pyridine rings is 1. The molecule has 1 heterocycles. The molecule has 0 fully saturated rings. The molecule has 4 nitrogen and oxygen atoms in total. The van der Waals surface area contributed by atoms with E-state index in [9.17, 15) is 0 Å². The van der Waals surface area contributed by atoms with E-state index < -0.39 is 0 Å². The zero-order valence-corrected chi connectivity index (χ0v) is 9.44. The Morgan fingerprint density at radius 3 is 3.00 bits per heavy atom. The predicted octanol–water partition coefficient (Wildman–Crippen LogP) is 1.01. The summed E-state index contributed by atoms with van der Waals surface area (Å²) in [7, 11) is 2.02. The molecule has 0 aliphatic rings. The predicted molar refractivity (Wildman–Crippen MR) is 61.9 cm³/mol. The third-order valence-corrected chi connectivity index (χ3v) is 2.25. The number of rotatable bonds is 6. The molecule has 0 radical (unpaired) electrons. The van der Waals surface area contributed by atoms with Gasteiger partial charge in [-0.25, -0.2) is 0 Å². The Balaban J connectivity index is 2.59. The van der Waals surface area contributed by atoms with Crippen LogP contribution in [0.15, 0.2) is 18.3 Å². The van der Waals surface area contributed by atoms with Crippen molar-refractivity contribution in [1.29, 1.82) is 0 Å². The number of nitrogens with zero attached hydrogens (tertiary/aromatic N) is 2. The molecule has 0 saturated carbocycles. The SMILES string of the molecule is CCOCCN(C)c1cccnc1CN. The molecule has 0 bridgehead atoms. The van der Waals surface area contributed by atoms with Gasteiger partial charge in [0.15, 0.2) is 0 Å². The van der Waals surface area contributed by atoms with Crippen LogP contribution in [0.2, 0.25) is 0 Å². The fourth-order valence-electron chi connectivity index (χ4n) is 1.40. The summed E-state index contributed by atoms with van der Waals surface area (Å²) in [6.45, 7) is 4.80. The first-order valence-electron chi connectivity index (χ1n) is 5.22. The maximum atomic E-state index is 5.62. The highest BCUT2D eigenvalue weighted by molar-refractivity contribution is 5.49. The largest absolute Gasteiger partial charge is 0.380 e. The third-order valence-electron chi connectivity index (χ3n) is 2.25. The number of nitrogens with two attached hydrogens (primary N) is 1. The summed E-state index contributed by atoms with van der Waals surface area (Å²) in [4.78, 5) is 6.35. The minimum atomic E-state index is 0.467. The molecule has 1 rings (SSSR count). The Hall–Kier alpha value is -1.13. The molecule has 0 unspecified atom stereocenters. The summed E-state index contributed by atoms with van der Waals surface area (Å²) >= 11 is 0. The topological polar surface area (TPSA) is 51.4 Å². The van der Waals surface area contributed by atoms with Gasteiger partial charge in [0, 0.05) is 32.9 Å². The van der Waals surface area contributed by atoms with E-state index in [1.54, 1.807) is 6.20 Å². The van der Waals surface area contributed by atoms with Crippen LogP contribution in [0.25, 0.3) is 0 Å². The summed E-state index contributed by atoms with van der Waals surface area (Å²) in [5.74, 6) is 0. The van der Waals surface area contributed by atoms with Crippen molar-refractivity contribution >= 4 is 5.69 Å². The number of likely N-dealkylation sites (N-methyl/N-ethyl adjacent to an activating group) is 1. The fraction of sp³-hybridized carbons (Fsp3) is 0.545. The molecule has 0 saturated heterocycles. The lowest BCUT2D eigenvalue weighted by atomic mass is 10.2. The molecular weight excluding hydrogens is 190 g/mol. The van der Waals surface area contributed by atoms with Crippen LogP contribution in [0.5, 0.6) is 0 Å². The van der Waals surface area contributed by atoms with Crippen LogP contribution >= 0.6 is 0 Å². The molecule has 0 aliphatic heterocycles. The summed E-state index contributed by atoms with van der Waals surface area (Å²) in [6, 6.07) is 3.95. The number of aromatic nitrogens is 1. The molecule has 1 aromatic rings. The van der Waals surface area contributed by atoms with Gasteiger partial charge in [-0.3, -0.25) is 4.98 Å². The van der Waals surface area contributed by atoms with Gasteiger partial charge in [-0.05, 0) is 19.1 Å². The first-order chi connectivity index (χ1) is 7.29. The van der Waals surface area contributed by atoms with Crippen molar-refractivity contribution in [2.45, 2.75) is 13.5 Å². The van der Waals surface area contributed by atoms with E-state index in [0.717, 1.165) is 31.1 Å². The number of hydrogen-bond donors (Lipinski definition) is 1. The van der Waals surface area contributed by atoms with Gasteiger partial charge in [0.1, 0.15) is 0 Å². The molecular formula is C11H19N3O. The van der Waals surface area contributed by atoms with Crippen molar-refractivity contribution in [1.82, 2.24) is 4.98 Å². The van der Waals surface area contributed by atoms with E-state index in [1.807, 2.05) is 26.1 Å². The van der Waals surface area contributed by atoms with Gasteiger partial charge in [-0.15, -0.1) is 0 Å². The maximum absolute atomic E-state index is 5.62. The second kappa shape index (κ2) is 6.37. The van der Waals surface area contributed by atoms with Crippen LogP contribution in [0.3, 0.4) is 0 Å². The minimum Gasteiger partial charge on any atom is -0.380 e. The Labute approximate surface area is 91.1 Å². The smallest absolute Gasteiger partial charge is 0.0772 e. The molecule has 0 spiro atoms. The number of ether oxygens (including phenoxy) is 1. The monoisotopic (exact) mass is 209 g/mol. The van der Waals surface area contributed by atoms with Crippen LogP contribution < -0.4 is 10.6 Å². The molecule has 0 amide bonds. The lowest BCUT2D eigenvalue weighted by molar-refractivity contribution is 0.154. The van der Waals surface area contributed by atoms with E-state index >= 15 is 0 Å². The highest BCUT2D eigenvalue weighted by Crippen LogP contribution is 2.15. The van der Waals surface area contributed by atoms with Gasteiger partial charge >= 0.3 is 0 Å². The maximum Gasteiger partial charge on any atom is 0.0772 e. The number of hydrogen-bond acceptors (Lipinski definition) is 4. The molecule has 1 aromatic heterocycles. The molecule has 4 heteroatoms. The van der Waals surface area contributed by atoms with E-state index in [2.05, 4.69) is 9.88 Å². The quantitative estimate of drug-likeness (QED) is 0.710. The van der Waals surface area contributed by atoms with Crippen LogP contribution in [-0.2, 0) is 11.3 Å². The Bertz CT molecular complexity index is 291. The van der Waals surface area contributed by atoms with Crippen molar-refractivity contribution in [3.63, 3.8) is 0 Å². The first-order valence-corrected chi connectivity index (χ1v) is 5.22. The van der Waals surface area contributed by atoms with Crippen molar-refractivity contribution < 1.29 is 4.74 Å². The molecule has 2 N–H and O–H groups in total. The lowest BCUT2D eigenvalue weighted by Crippen LogP contribution is -2.24. The van der Waals surface area contributed by atoms with E-state index in [4.69, 9.17) is 10.5 Å². The summed E-state index contributed by atoms with van der Waals surface area (Å²) in [5.41, 5.74) is 7.63. The van der Waals surface area contributed by atoms with Crippen molar-refractivity contribution in [2.75, 3.05) is 31.7 Å². The Kier molecular flexibility index (Phi) is 5.07. The van der Waals surface area contributed by atoms with E-state index in [1.165, 1.54) is 0 Å². The van der Waals surface area contributed by atoms with Gasteiger partial charge in [0.2, 0.25) is 0 Å². The summed E-state index contributed by atoms with van der Waals surface area (Å²) in [6.07, 6.45) is 1.77. The standard InChI is InChI=1S/C11H19N3O/c1-3-15-8-7-14(2)11-5-4-6-13-10(11)9-12/h4-6H,3,7-9,12H2,1-2H3. The van der Waals surface area contributed by atoms with Gasteiger partial charge < -0.3 is 15.4 Å². The second-order valence-corrected chi connectivity index (χ2v) is 3.29.